The third-order valence-corrected chi connectivity index (χ3v) is 5.73. The largest absolute Gasteiger partial charge is 0.497 e. The number of allylic oxidation sites excluding steroid dienone is 1. The summed E-state index contributed by atoms with van der Waals surface area (Å²) in [6.07, 6.45) is 6.48. The van der Waals surface area contributed by atoms with Gasteiger partial charge < -0.3 is 13.9 Å². The Morgan fingerprint density at radius 3 is 2.43 bits per heavy atom. The van der Waals surface area contributed by atoms with Gasteiger partial charge in [-0.15, -0.1) is 10.2 Å². The molecule has 0 spiro atoms. The Kier molecular flexibility index (Phi) is 7.97. The molecular formula is C25H23N5O4S. The second-order valence-corrected chi connectivity index (χ2v) is 7.99. The first-order valence-corrected chi connectivity index (χ1v) is 11.6. The monoisotopic (exact) mass is 489 g/mol. The van der Waals surface area contributed by atoms with Gasteiger partial charge in [0, 0.05) is 17.5 Å². The molecule has 0 aliphatic heterocycles. The van der Waals surface area contributed by atoms with Crippen molar-refractivity contribution in [2.45, 2.75) is 5.16 Å². The van der Waals surface area contributed by atoms with Gasteiger partial charge in [-0.2, -0.15) is 5.10 Å². The molecule has 10 heteroatoms. The molecule has 0 aliphatic rings. The van der Waals surface area contributed by atoms with Gasteiger partial charge in [-0.05, 0) is 72.8 Å². The predicted octanol–water partition coefficient (Wildman–Crippen LogP) is 4.45. The zero-order valence-electron chi connectivity index (χ0n) is 19.1. The number of ether oxygens (including phenoxy) is 2. The quantitative estimate of drug-likeness (QED) is 0.199. The molecule has 1 N–H and O–H groups in total. The van der Waals surface area contributed by atoms with Gasteiger partial charge in [0.25, 0.3) is 5.91 Å². The molecule has 0 aliphatic carbocycles. The molecule has 2 aromatic heterocycles. The normalized spacial score (nSPS) is 11.3. The van der Waals surface area contributed by atoms with Gasteiger partial charge in [-0.25, -0.2) is 5.43 Å². The fourth-order valence-electron chi connectivity index (χ4n) is 3.09. The Morgan fingerprint density at radius 1 is 1.06 bits per heavy atom. The van der Waals surface area contributed by atoms with E-state index >= 15 is 0 Å². The first kappa shape index (κ1) is 23.8. The van der Waals surface area contributed by atoms with Crippen LogP contribution >= 0.6 is 11.8 Å². The second-order valence-electron chi connectivity index (χ2n) is 7.04. The highest BCUT2D eigenvalue weighted by Gasteiger charge is 2.17. The summed E-state index contributed by atoms with van der Waals surface area (Å²) in [5, 5.41) is 13.2. The summed E-state index contributed by atoms with van der Waals surface area (Å²) in [6, 6.07) is 18.7. The highest BCUT2D eigenvalue weighted by atomic mass is 32.2. The number of benzene rings is 2. The van der Waals surface area contributed by atoms with E-state index in [1.165, 1.54) is 18.0 Å². The Morgan fingerprint density at radius 2 is 1.77 bits per heavy atom. The van der Waals surface area contributed by atoms with Crippen molar-refractivity contribution < 1.29 is 18.7 Å². The highest BCUT2D eigenvalue weighted by Crippen LogP contribution is 2.29. The van der Waals surface area contributed by atoms with E-state index in [9.17, 15) is 4.79 Å². The van der Waals surface area contributed by atoms with E-state index in [1.807, 2.05) is 59.2 Å². The molecule has 4 rings (SSSR count). The number of furan rings is 1. The van der Waals surface area contributed by atoms with E-state index < -0.39 is 0 Å². The van der Waals surface area contributed by atoms with E-state index in [0.717, 1.165) is 22.7 Å². The molecule has 1 amide bonds. The number of amides is 1. The average Bonchev–Trinajstić information content (AvgIpc) is 3.57. The van der Waals surface area contributed by atoms with Crippen molar-refractivity contribution in [1.29, 1.82) is 0 Å². The van der Waals surface area contributed by atoms with Crippen LogP contribution in [0.5, 0.6) is 11.5 Å². The number of hydrogen-bond acceptors (Lipinski definition) is 8. The Hall–Kier alpha value is -4.31. The van der Waals surface area contributed by atoms with Crippen molar-refractivity contribution in [2.24, 2.45) is 5.10 Å². The lowest BCUT2D eigenvalue weighted by Gasteiger charge is -2.11. The van der Waals surface area contributed by atoms with E-state index in [2.05, 4.69) is 20.7 Å². The zero-order chi connectivity index (χ0) is 24.5. The molecule has 0 fully saturated rings. The van der Waals surface area contributed by atoms with Gasteiger partial charge in [-0.3, -0.25) is 9.36 Å². The van der Waals surface area contributed by atoms with Crippen molar-refractivity contribution in [1.82, 2.24) is 20.2 Å². The molecule has 35 heavy (non-hydrogen) atoms. The van der Waals surface area contributed by atoms with Crippen molar-refractivity contribution >= 4 is 30.0 Å². The summed E-state index contributed by atoms with van der Waals surface area (Å²) in [6.45, 7) is 0. The molecule has 0 unspecified atom stereocenters. The van der Waals surface area contributed by atoms with Crippen molar-refractivity contribution in [3.63, 3.8) is 0 Å². The summed E-state index contributed by atoms with van der Waals surface area (Å²) in [5.74, 6) is 2.66. The number of methoxy groups -OCH3 is 2. The van der Waals surface area contributed by atoms with Crippen LogP contribution in [0.25, 0.3) is 23.2 Å². The fraction of sp³-hybridized carbons (Fsp3) is 0.120. The SMILES string of the molecule is COc1ccc(-c2nnc(SCC(=O)N/N=C\C=C/c3ccco3)n2-c2ccc(OC)cc2)cc1. The van der Waals surface area contributed by atoms with Gasteiger partial charge in [0.05, 0.1) is 26.2 Å². The smallest absolute Gasteiger partial charge is 0.250 e. The zero-order valence-corrected chi connectivity index (χ0v) is 19.9. The molecule has 0 saturated carbocycles. The topological polar surface area (TPSA) is 104 Å². The predicted molar refractivity (Wildman–Crippen MR) is 135 cm³/mol. The summed E-state index contributed by atoms with van der Waals surface area (Å²) >= 11 is 1.26. The number of rotatable bonds is 10. The third kappa shape index (κ3) is 6.18. The summed E-state index contributed by atoms with van der Waals surface area (Å²) in [4.78, 5) is 12.3. The molecule has 4 aromatic rings. The molecule has 0 radical (unpaired) electrons. The fourth-order valence-corrected chi connectivity index (χ4v) is 3.84. The second kappa shape index (κ2) is 11.7. The Labute approximate surface area is 206 Å². The number of hydrogen-bond donors (Lipinski definition) is 1. The number of carbonyl (C=O) groups is 1. The van der Waals surface area contributed by atoms with Crippen LogP contribution < -0.4 is 14.9 Å². The lowest BCUT2D eigenvalue weighted by Crippen LogP contribution is -2.19. The molecule has 9 nitrogen and oxygen atoms in total. The Bertz CT molecular complexity index is 1300. The van der Waals surface area contributed by atoms with Crippen LogP contribution in [-0.4, -0.2) is 46.9 Å². The van der Waals surface area contributed by atoms with Crippen LogP contribution in [0.3, 0.4) is 0 Å². The maximum atomic E-state index is 12.3. The molecular weight excluding hydrogens is 466 g/mol. The van der Waals surface area contributed by atoms with Crippen LogP contribution in [-0.2, 0) is 4.79 Å². The van der Waals surface area contributed by atoms with Gasteiger partial charge in [0.15, 0.2) is 11.0 Å². The molecule has 0 saturated heterocycles. The average molecular weight is 490 g/mol. The maximum Gasteiger partial charge on any atom is 0.250 e. The summed E-state index contributed by atoms with van der Waals surface area (Å²) in [7, 11) is 3.24. The van der Waals surface area contributed by atoms with Crippen LogP contribution in [0.1, 0.15) is 5.76 Å². The lowest BCUT2D eigenvalue weighted by atomic mass is 10.2. The molecule has 0 atom stereocenters. The summed E-state index contributed by atoms with van der Waals surface area (Å²) in [5.41, 5.74) is 4.20. The number of carbonyl (C=O) groups excluding carboxylic acids is 1. The minimum absolute atomic E-state index is 0.107. The van der Waals surface area contributed by atoms with Crippen molar-refractivity contribution in [3.8, 4) is 28.6 Å². The minimum atomic E-state index is -0.270. The standard InChI is InChI=1S/C25H23N5O4S/c1-32-20-11-7-18(8-12-20)24-28-29-25(30(24)19-9-13-21(33-2)14-10-19)35-17-23(31)27-26-15-3-5-22-6-4-16-34-22/h3-16H,17H2,1-2H3,(H,27,31)/b5-3-,26-15-. The van der Waals surface area contributed by atoms with Crippen LogP contribution in [0, 0.1) is 0 Å². The summed E-state index contributed by atoms with van der Waals surface area (Å²) < 4.78 is 17.6. The van der Waals surface area contributed by atoms with E-state index in [1.54, 1.807) is 38.7 Å². The number of nitrogens with one attached hydrogen (secondary N) is 1. The van der Waals surface area contributed by atoms with E-state index in [4.69, 9.17) is 13.9 Å². The van der Waals surface area contributed by atoms with Gasteiger partial charge in [0.2, 0.25) is 0 Å². The molecule has 2 heterocycles. The van der Waals surface area contributed by atoms with E-state index in [0.29, 0.717) is 16.7 Å². The lowest BCUT2D eigenvalue weighted by molar-refractivity contribution is -0.118. The number of nitrogens with zero attached hydrogens (tertiary/aromatic N) is 4. The molecule has 178 valence electrons. The maximum absolute atomic E-state index is 12.3. The third-order valence-electron chi connectivity index (χ3n) is 4.80. The number of aromatic nitrogens is 3. The molecule has 0 bridgehead atoms. The van der Waals surface area contributed by atoms with Gasteiger partial charge >= 0.3 is 0 Å². The van der Waals surface area contributed by atoms with Gasteiger partial charge in [0.1, 0.15) is 17.3 Å². The minimum Gasteiger partial charge on any atom is -0.497 e. The number of thioether (sulfide) groups is 1. The van der Waals surface area contributed by atoms with Crippen molar-refractivity contribution in [3.05, 3.63) is 78.8 Å². The van der Waals surface area contributed by atoms with Crippen LogP contribution in [0.15, 0.2) is 87.7 Å². The van der Waals surface area contributed by atoms with Crippen LogP contribution in [0.2, 0.25) is 0 Å². The van der Waals surface area contributed by atoms with E-state index in [-0.39, 0.29) is 11.7 Å². The molecule has 2 aromatic carbocycles. The van der Waals surface area contributed by atoms with Gasteiger partial charge in [-0.1, -0.05) is 11.8 Å². The first-order chi connectivity index (χ1) is 17.2. The Balaban J connectivity index is 1.49. The highest BCUT2D eigenvalue weighted by molar-refractivity contribution is 7.99. The first-order valence-electron chi connectivity index (χ1n) is 10.6. The van der Waals surface area contributed by atoms with Crippen LogP contribution in [0.4, 0.5) is 0 Å². The van der Waals surface area contributed by atoms with Crippen molar-refractivity contribution in [2.75, 3.05) is 20.0 Å². The number of hydrazone groups is 1.